The summed E-state index contributed by atoms with van der Waals surface area (Å²) in [6.07, 6.45) is 4.29. The number of carbonyl (C=O) groups excluding carboxylic acids is 1. The standard InChI is InChI=1S/C18H17ClN2O2/c19-16-3-1-2-14(12-16)4-6-18(23)7-10-21(11-8-18)17(22)15-5-9-20-13-15/h1-3,5,9,12-13,20,23H,7-8,10-11H2. The molecule has 1 aromatic carbocycles. The summed E-state index contributed by atoms with van der Waals surface area (Å²) in [6.45, 7) is 0.982. The number of H-pyrrole nitrogens is 1. The average Bonchev–Trinajstić information content (AvgIpc) is 3.08. The number of halogens is 1. The molecule has 1 aliphatic heterocycles. The highest BCUT2D eigenvalue weighted by atomic mass is 35.5. The number of aromatic nitrogens is 1. The van der Waals surface area contributed by atoms with Gasteiger partial charge in [-0.05, 0) is 24.3 Å². The Labute approximate surface area is 140 Å². The summed E-state index contributed by atoms with van der Waals surface area (Å²) in [6, 6.07) is 8.98. The van der Waals surface area contributed by atoms with E-state index in [0.717, 1.165) is 5.56 Å². The van der Waals surface area contributed by atoms with Gasteiger partial charge in [0.2, 0.25) is 0 Å². The van der Waals surface area contributed by atoms with Gasteiger partial charge in [0.1, 0.15) is 5.60 Å². The van der Waals surface area contributed by atoms with Gasteiger partial charge in [0.15, 0.2) is 0 Å². The molecule has 1 aromatic heterocycles. The number of aliphatic hydroxyl groups is 1. The fourth-order valence-corrected chi connectivity index (χ4v) is 2.79. The van der Waals surface area contributed by atoms with E-state index in [1.165, 1.54) is 0 Å². The summed E-state index contributed by atoms with van der Waals surface area (Å²) >= 11 is 5.93. The van der Waals surface area contributed by atoms with Crippen LogP contribution in [0.25, 0.3) is 0 Å². The van der Waals surface area contributed by atoms with Crippen LogP contribution in [0.1, 0.15) is 28.8 Å². The van der Waals surface area contributed by atoms with Gasteiger partial charge < -0.3 is 15.0 Å². The second-order valence-corrected chi connectivity index (χ2v) is 6.12. The number of rotatable bonds is 1. The highest BCUT2D eigenvalue weighted by Gasteiger charge is 2.32. The quantitative estimate of drug-likeness (QED) is 0.791. The Morgan fingerprint density at radius 3 is 2.74 bits per heavy atom. The van der Waals surface area contributed by atoms with Crippen molar-refractivity contribution >= 4 is 17.5 Å². The fraction of sp³-hybridized carbons (Fsp3) is 0.278. The van der Waals surface area contributed by atoms with E-state index < -0.39 is 5.60 Å². The molecular weight excluding hydrogens is 312 g/mol. The fourth-order valence-electron chi connectivity index (χ4n) is 2.60. The van der Waals surface area contributed by atoms with Gasteiger partial charge in [0, 0.05) is 48.9 Å². The summed E-state index contributed by atoms with van der Waals surface area (Å²) in [5, 5.41) is 11.2. The number of hydrogen-bond acceptors (Lipinski definition) is 2. The van der Waals surface area contributed by atoms with E-state index in [1.54, 1.807) is 35.5 Å². The number of hydrogen-bond donors (Lipinski definition) is 2. The van der Waals surface area contributed by atoms with Crippen LogP contribution in [0.3, 0.4) is 0 Å². The summed E-state index contributed by atoms with van der Waals surface area (Å²) in [7, 11) is 0. The molecule has 1 saturated heterocycles. The first-order valence-electron chi connectivity index (χ1n) is 7.49. The van der Waals surface area contributed by atoms with Crippen LogP contribution in [0.2, 0.25) is 5.02 Å². The summed E-state index contributed by atoms with van der Waals surface area (Å²) in [5.41, 5.74) is 0.356. The van der Waals surface area contributed by atoms with Crippen molar-refractivity contribution in [2.75, 3.05) is 13.1 Å². The Hall–Kier alpha value is -2.22. The minimum absolute atomic E-state index is 0.0175. The molecule has 0 spiro atoms. The SMILES string of the molecule is O=C(c1cc[nH]c1)N1CCC(O)(C#Cc2cccc(Cl)c2)CC1. The van der Waals surface area contributed by atoms with E-state index in [4.69, 9.17) is 11.6 Å². The van der Waals surface area contributed by atoms with Crippen molar-refractivity contribution in [3.05, 3.63) is 58.9 Å². The highest BCUT2D eigenvalue weighted by Crippen LogP contribution is 2.23. The second kappa shape index (κ2) is 6.49. The smallest absolute Gasteiger partial charge is 0.255 e. The first kappa shape index (κ1) is 15.7. The van der Waals surface area contributed by atoms with Crippen molar-refractivity contribution < 1.29 is 9.90 Å². The van der Waals surface area contributed by atoms with Gasteiger partial charge in [0.05, 0.1) is 5.56 Å². The molecule has 1 aliphatic rings. The van der Waals surface area contributed by atoms with Gasteiger partial charge in [-0.3, -0.25) is 4.79 Å². The Kier molecular flexibility index (Phi) is 4.42. The summed E-state index contributed by atoms with van der Waals surface area (Å²) in [5.74, 6) is 5.90. The van der Waals surface area contributed by atoms with Crippen molar-refractivity contribution in [3.63, 3.8) is 0 Å². The zero-order chi connectivity index (χ0) is 16.3. The van der Waals surface area contributed by atoms with Crippen LogP contribution in [-0.4, -0.2) is 39.6 Å². The van der Waals surface area contributed by atoms with Gasteiger partial charge in [0.25, 0.3) is 5.91 Å². The number of likely N-dealkylation sites (tertiary alicyclic amines) is 1. The molecule has 23 heavy (non-hydrogen) atoms. The molecule has 5 heteroatoms. The third kappa shape index (κ3) is 3.76. The van der Waals surface area contributed by atoms with E-state index in [9.17, 15) is 9.90 Å². The molecule has 0 bridgehead atoms. The average molecular weight is 329 g/mol. The van der Waals surface area contributed by atoms with Crippen LogP contribution >= 0.6 is 11.6 Å². The van der Waals surface area contributed by atoms with E-state index in [1.807, 2.05) is 12.1 Å². The van der Waals surface area contributed by atoms with Crippen LogP contribution in [0.5, 0.6) is 0 Å². The number of benzene rings is 1. The maximum Gasteiger partial charge on any atom is 0.255 e. The van der Waals surface area contributed by atoms with Crippen LogP contribution in [0.15, 0.2) is 42.7 Å². The number of aromatic amines is 1. The topological polar surface area (TPSA) is 56.3 Å². The number of carbonyl (C=O) groups is 1. The monoisotopic (exact) mass is 328 g/mol. The zero-order valence-electron chi connectivity index (χ0n) is 12.6. The summed E-state index contributed by atoms with van der Waals surface area (Å²) < 4.78 is 0. The maximum atomic E-state index is 12.3. The first-order chi connectivity index (χ1) is 11.1. The second-order valence-electron chi connectivity index (χ2n) is 5.68. The minimum atomic E-state index is -1.06. The third-order valence-corrected chi connectivity index (χ3v) is 4.22. The normalized spacial score (nSPS) is 16.5. The van der Waals surface area contributed by atoms with Gasteiger partial charge in [-0.2, -0.15) is 0 Å². The van der Waals surface area contributed by atoms with Gasteiger partial charge in [-0.1, -0.05) is 29.5 Å². The van der Waals surface area contributed by atoms with Crippen LogP contribution in [-0.2, 0) is 0 Å². The van der Waals surface area contributed by atoms with E-state index >= 15 is 0 Å². The lowest BCUT2D eigenvalue weighted by Gasteiger charge is -2.34. The van der Waals surface area contributed by atoms with Crippen molar-refractivity contribution in [1.29, 1.82) is 0 Å². The molecule has 0 aliphatic carbocycles. The van der Waals surface area contributed by atoms with Crippen molar-refractivity contribution in [3.8, 4) is 11.8 Å². The van der Waals surface area contributed by atoms with Gasteiger partial charge >= 0.3 is 0 Å². The van der Waals surface area contributed by atoms with E-state index in [-0.39, 0.29) is 5.91 Å². The third-order valence-electron chi connectivity index (χ3n) is 3.99. The van der Waals surface area contributed by atoms with Crippen molar-refractivity contribution in [1.82, 2.24) is 9.88 Å². The van der Waals surface area contributed by atoms with E-state index in [2.05, 4.69) is 16.8 Å². The van der Waals surface area contributed by atoms with Crippen LogP contribution in [0, 0.1) is 11.8 Å². The molecule has 118 valence electrons. The van der Waals surface area contributed by atoms with Crippen molar-refractivity contribution in [2.24, 2.45) is 0 Å². The number of nitrogens with one attached hydrogen (secondary N) is 1. The molecule has 2 aromatic rings. The van der Waals surface area contributed by atoms with Crippen molar-refractivity contribution in [2.45, 2.75) is 18.4 Å². The Bertz CT molecular complexity index is 751. The molecule has 4 nitrogen and oxygen atoms in total. The molecule has 1 fully saturated rings. The van der Waals surface area contributed by atoms with Crippen LogP contribution < -0.4 is 0 Å². The molecule has 2 N–H and O–H groups in total. The predicted octanol–water partition coefficient (Wildman–Crippen LogP) is 2.69. The molecule has 0 atom stereocenters. The van der Waals surface area contributed by atoms with Gasteiger partial charge in [-0.15, -0.1) is 0 Å². The molecule has 2 heterocycles. The lowest BCUT2D eigenvalue weighted by molar-refractivity contribution is 0.0249. The summed E-state index contributed by atoms with van der Waals surface area (Å²) in [4.78, 5) is 16.9. The lowest BCUT2D eigenvalue weighted by Crippen LogP contribution is -2.46. The Morgan fingerprint density at radius 1 is 1.30 bits per heavy atom. The van der Waals surface area contributed by atoms with E-state index in [0.29, 0.717) is 36.5 Å². The molecule has 3 rings (SSSR count). The number of amides is 1. The van der Waals surface area contributed by atoms with Gasteiger partial charge in [-0.25, -0.2) is 0 Å². The minimum Gasteiger partial charge on any atom is -0.377 e. The zero-order valence-corrected chi connectivity index (χ0v) is 13.3. The first-order valence-corrected chi connectivity index (χ1v) is 7.87. The van der Waals surface area contributed by atoms with Crippen LogP contribution in [0.4, 0.5) is 0 Å². The molecule has 1 amide bonds. The largest absolute Gasteiger partial charge is 0.377 e. The maximum absolute atomic E-state index is 12.3. The number of nitrogens with zero attached hydrogens (tertiary/aromatic N) is 1. The lowest BCUT2D eigenvalue weighted by atomic mass is 9.91. The molecule has 0 saturated carbocycles. The Balaban J connectivity index is 1.65. The Morgan fingerprint density at radius 2 is 2.09 bits per heavy atom. The molecule has 0 radical (unpaired) electrons. The number of piperidine rings is 1. The predicted molar refractivity (Wildman–Crippen MR) is 89.2 cm³/mol. The molecular formula is C18H17ClN2O2. The highest BCUT2D eigenvalue weighted by molar-refractivity contribution is 6.30. The molecule has 0 unspecified atom stereocenters.